The highest BCUT2D eigenvalue weighted by atomic mass is 35.5. The minimum atomic E-state index is -0.568. The maximum Gasteiger partial charge on any atom is 0.299 e. The summed E-state index contributed by atoms with van der Waals surface area (Å²) in [5.74, 6) is -1.11. The molecule has 1 heterocycles. The highest BCUT2D eigenvalue weighted by Gasteiger charge is 2.35. The van der Waals surface area contributed by atoms with E-state index in [1.165, 1.54) is 11.0 Å². The highest BCUT2D eigenvalue weighted by Crippen LogP contribution is 2.32. The number of nitrogens with zero attached hydrogens (tertiary/aromatic N) is 1. The summed E-state index contributed by atoms with van der Waals surface area (Å²) in [4.78, 5) is 25.5. The molecule has 0 fully saturated rings. The second kappa shape index (κ2) is 5.06. The molecular weight excluding hydrogens is 311 g/mol. The standard InChI is InChI=1S/C15H10Cl2N2O2/c16-11-3-1-8(5-12(11)17)7-19-13-4-2-9(18)6-10(13)14(20)15(19)21/h1-6H,7,18H2. The van der Waals surface area contributed by atoms with Crippen LogP contribution in [0, 0.1) is 0 Å². The van der Waals surface area contributed by atoms with Crippen molar-refractivity contribution in [2.45, 2.75) is 6.54 Å². The van der Waals surface area contributed by atoms with Crippen LogP contribution in [0.15, 0.2) is 36.4 Å². The molecule has 3 rings (SSSR count). The number of hydrogen-bond donors (Lipinski definition) is 1. The number of rotatable bonds is 2. The van der Waals surface area contributed by atoms with Crippen molar-refractivity contribution in [2.24, 2.45) is 0 Å². The topological polar surface area (TPSA) is 63.4 Å². The molecule has 0 aliphatic carbocycles. The van der Waals surface area contributed by atoms with Crippen molar-refractivity contribution in [1.82, 2.24) is 0 Å². The Morgan fingerprint density at radius 1 is 1.00 bits per heavy atom. The van der Waals surface area contributed by atoms with E-state index in [0.717, 1.165) is 5.56 Å². The summed E-state index contributed by atoms with van der Waals surface area (Å²) in [6, 6.07) is 9.95. The fraction of sp³-hybridized carbons (Fsp3) is 0.0667. The number of amides is 1. The maximum absolute atomic E-state index is 12.1. The Morgan fingerprint density at radius 3 is 2.48 bits per heavy atom. The van der Waals surface area contributed by atoms with E-state index in [-0.39, 0.29) is 6.54 Å². The molecule has 0 saturated carbocycles. The Bertz CT molecular complexity index is 774. The Balaban J connectivity index is 1.98. The number of carbonyl (C=O) groups excluding carboxylic acids is 2. The van der Waals surface area contributed by atoms with Crippen molar-refractivity contribution in [3.8, 4) is 0 Å². The summed E-state index contributed by atoms with van der Waals surface area (Å²) in [5, 5.41) is 0.849. The van der Waals surface area contributed by atoms with E-state index in [0.29, 0.717) is 27.0 Å². The van der Waals surface area contributed by atoms with Gasteiger partial charge >= 0.3 is 0 Å². The fourth-order valence-electron chi connectivity index (χ4n) is 2.30. The fourth-order valence-corrected chi connectivity index (χ4v) is 2.62. The van der Waals surface area contributed by atoms with E-state index >= 15 is 0 Å². The molecular formula is C15H10Cl2N2O2. The molecule has 106 valence electrons. The Kier molecular flexibility index (Phi) is 3.35. The zero-order valence-electron chi connectivity index (χ0n) is 10.8. The molecule has 0 aromatic heterocycles. The zero-order chi connectivity index (χ0) is 15.1. The van der Waals surface area contributed by atoms with Gasteiger partial charge in [-0.05, 0) is 35.9 Å². The molecule has 0 unspecified atom stereocenters. The minimum absolute atomic E-state index is 0.248. The molecule has 6 heteroatoms. The molecule has 2 N–H and O–H groups in total. The number of benzene rings is 2. The van der Waals surface area contributed by atoms with Gasteiger partial charge in [-0.15, -0.1) is 0 Å². The lowest BCUT2D eigenvalue weighted by Gasteiger charge is -2.17. The third-order valence-corrected chi connectivity index (χ3v) is 4.06. The number of carbonyl (C=O) groups is 2. The van der Waals surface area contributed by atoms with Crippen LogP contribution >= 0.6 is 23.2 Å². The van der Waals surface area contributed by atoms with Crippen molar-refractivity contribution in [3.05, 3.63) is 57.6 Å². The van der Waals surface area contributed by atoms with Crippen LogP contribution in [-0.2, 0) is 11.3 Å². The van der Waals surface area contributed by atoms with Gasteiger partial charge in [0.25, 0.3) is 11.7 Å². The average Bonchev–Trinajstić information content (AvgIpc) is 2.68. The predicted molar refractivity (Wildman–Crippen MR) is 82.8 cm³/mol. The van der Waals surface area contributed by atoms with Crippen LogP contribution in [0.4, 0.5) is 11.4 Å². The van der Waals surface area contributed by atoms with E-state index in [9.17, 15) is 9.59 Å². The number of fused-ring (bicyclic) bond motifs is 1. The van der Waals surface area contributed by atoms with Gasteiger partial charge in [0, 0.05) is 5.69 Å². The highest BCUT2D eigenvalue weighted by molar-refractivity contribution is 6.52. The molecule has 0 bridgehead atoms. The smallest absolute Gasteiger partial charge is 0.299 e. The van der Waals surface area contributed by atoms with Crippen LogP contribution in [0.2, 0.25) is 10.0 Å². The number of hydrogen-bond acceptors (Lipinski definition) is 3. The van der Waals surface area contributed by atoms with Crippen molar-refractivity contribution in [1.29, 1.82) is 0 Å². The van der Waals surface area contributed by atoms with Gasteiger partial charge in [-0.2, -0.15) is 0 Å². The normalized spacial score (nSPS) is 13.7. The average molecular weight is 321 g/mol. The SMILES string of the molecule is Nc1ccc2c(c1)C(=O)C(=O)N2Cc1ccc(Cl)c(Cl)c1. The second-order valence-electron chi connectivity index (χ2n) is 4.75. The molecule has 1 aliphatic heterocycles. The van der Waals surface area contributed by atoms with E-state index in [2.05, 4.69) is 0 Å². The summed E-state index contributed by atoms with van der Waals surface area (Å²) in [5.41, 5.74) is 7.79. The molecule has 2 aromatic carbocycles. The lowest BCUT2D eigenvalue weighted by molar-refractivity contribution is -0.114. The molecule has 1 aliphatic rings. The molecule has 0 saturated heterocycles. The van der Waals surface area contributed by atoms with Crippen molar-refractivity contribution >= 4 is 46.3 Å². The van der Waals surface area contributed by atoms with Gasteiger partial charge in [-0.3, -0.25) is 9.59 Å². The third kappa shape index (κ3) is 2.37. The van der Waals surface area contributed by atoms with Crippen LogP contribution in [0.25, 0.3) is 0 Å². The number of nitrogens with two attached hydrogens (primary N) is 1. The summed E-state index contributed by atoms with van der Waals surface area (Å²) in [6.45, 7) is 0.248. The Labute approximate surface area is 131 Å². The molecule has 21 heavy (non-hydrogen) atoms. The van der Waals surface area contributed by atoms with Crippen molar-refractivity contribution in [2.75, 3.05) is 10.6 Å². The third-order valence-electron chi connectivity index (χ3n) is 3.32. The van der Waals surface area contributed by atoms with Crippen LogP contribution < -0.4 is 10.6 Å². The van der Waals surface area contributed by atoms with Crippen LogP contribution in [0.5, 0.6) is 0 Å². The minimum Gasteiger partial charge on any atom is -0.399 e. The first-order chi connectivity index (χ1) is 9.97. The number of ketones is 1. The van der Waals surface area contributed by atoms with Crippen LogP contribution in [-0.4, -0.2) is 11.7 Å². The van der Waals surface area contributed by atoms with Gasteiger partial charge in [0.05, 0.1) is 27.8 Å². The number of anilines is 2. The lowest BCUT2D eigenvalue weighted by atomic mass is 10.1. The van der Waals surface area contributed by atoms with Crippen molar-refractivity contribution < 1.29 is 9.59 Å². The van der Waals surface area contributed by atoms with E-state index in [4.69, 9.17) is 28.9 Å². The van der Waals surface area contributed by atoms with Crippen LogP contribution in [0.3, 0.4) is 0 Å². The largest absolute Gasteiger partial charge is 0.399 e. The molecule has 1 amide bonds. The summed E-state index contributed by atoms with van der Waals surface area (Å²) < 4.78 is 0. The first-order valence-electron chi connectivity index (χ1n) is 6.17. The Hall–Kier alpha value is -2.04. The molecule has 0 spiro atoms. The zero-order valence-corrected chi connectivity index (χ0v) is 12.3. The molecule has 4 nitrogen and oxygen atoms in total. The first kappa shape index (κ1) is 13.9. The summed E-state index contributed by atoms with van der Waals surface area (Å²) in [6.07, 6.45) is 0. The number of Topliss-reactive ketones (excluding diaryl/α,β-unsaturated/α-hetero) is 1. The Morgan fingerprint density at radius 2 is 1.76 bits per heavy atom. The van der Waals surface area contributed by atoms with E-state index in [1.54, 1.807) is 30.3 Å². The second-order valence-corrected chi connectivity index (χ2v) is 5.56. The molecule has 2 aromatic rings. The van der Waals surface area contributed by atoms with Crippen LogP contribution in [0.1, 0.15) is 15.9 Å². The molecule has 0 radical (unpaired) electrons. The van der Waals surface area contributed by atoms with E-state index in [1.807, 2.05) is 0 Å². The summed E-state index contributed by atoms with van der Waals surface area (Å²) in [7, 11) is 0. The maximum atomic E-state index is 12.1. The van der Waals surface area contributed by atoms with Gasteiger partial charge in [-0.25, -0.2) is 0 Å². The van der Waals surface area contributed by atoms with Gasteiger partial charge in [0.1, 0.15) is 0 Å². The van der Waals surface area contributed by atoms with Gasteiger partial charge < -0.3 is 10.6 Å². The van der Waals surface area contributed by atoms with Crippen molar-refractivity contribution in [3.63, 3.8) is 0 Å². The quantitative estimate of drug-likeness (QED) is 0.682. The van der Waals surface area contributed by atoms with Gasteiger partial charge in [-0.1, -0.05) is 29.3 Å². The summed E-state index contributed by atoms with van der Waals surface area (Å²) >= 11 is 11.8. The van der Waals surface area contributed by atoms with Gasteiger partial charge in [0.15, 0.2) is 0 Å². The first-order valence-corrected chi connectivity index (χ1v) is 6.92. The van der Waals surface area contributed by atoms with Gasteiger partial charge in [0.2, 0.25) is 0 Å². The number of nitrogen functional groups attached to an aromatic ring is 1. The monoisotopic (exact) mass is 320 g/mol. The predicted octanol–water partition coefficient (Wildman–Crippen LogP) is 3.31. The van der Waals surface area contributed by atoms with E-state index < -0.39 is 11.7 Å². The number of halogens is 2. The lowest BCUT2D eigenvalue weighted by Crippen LogP contribution is -2.29. The molecule has 0 atom stereocenters.